The minimum Gasteiger partial charge on any atom is -0.309 e. The molecular formula is C72H42N4. The minimum atomic E-state index is 0.636. The molecule has 0 aliphatic carbocycles. The Bertz CT molecular complexity index is 4690. The summed E-state index contributed by atoms with van der Waals surface area (Å²) in [5.74, 6) is 0. The predicted octanol–water partition coefficient (Wildman–Crippen LogP) is 18.9. The van der Waals surface area contributed by atoms with Crippen LogP contribution in [0.2, 0.25) is 0 Å². The highest BCUT2D eigenvalue weighted by molar-refractivity contribution is 6.24. The van der Waals surface area contributed by atoms with Crippen LogP contribution in [-0.4, -0.2) is 9.13 Å². The van der Waals surface area contributed by atoms with Gasteiger partial charge in [0, 0.05) is 32.9 Å². The number of para-hydroxylation sites is 2. The molecular weight excluding hydrogens is 921 g/mol. The van der Waals surface area contributed by atoms with Gasteiger partial charge < -0.3 is 9.13 Å². The summed E-state index contributed by atoms with van der Waals surface area (Å²) in [6.45, 7) is 0. The molecule has 0 saturated carbocycles. The van der Waals surface area contributed by atoms with E-state index in [1.54, 1.807) is 0 Å². The lowest BCUT2D eigenvalue weighted by atomic mass is 9.83. The third kappa shape index (κ3) is 6.76. The Balaban J connectivity index is 1.01. The van der Waals surface area contributed by atoms with Gasteiger partial charge in [-0.3, -0.25) is 0 Å². The molecule has 0 N–H and O–H groups in total. The second-order valence-corrected chi connectivity index (χ2v) is 19.9. The van der Waals surface area contributed by atoms with Crippen LogP contribution in [0.25, 0.3) is 143 Å². The molecule has 0 saturated heterocycles. The van der Waals surface area contributed by atoms with Gasteiger partial charge in [-0.25, -0.2) is 0 Å². The lowest BCUT2D eigenvalue weighted by Gasteiger charge is -2.20. The molecule has 350 valence electrons. The van der Waals surface area contributed by atoms with Crippen molar-refractivity contribution >= 4 is 86.7 Å². The molecule has 15 aromatic rings. The van der Waals surface area contributed by atoms with Gasteiger partial charge >= 0.3 is 0 Å². The average Bonchev–Trinajstić information content (AvgIpc) is 4.07. The van der Waals surface area contributed by atoms with Crippen LogP contribution >= 0.6 is 0 Å². The lowest BCUT2D eigenvalue weighted by Crippen LogP contribution is -1.94. The summed E-state index contributed by atoms with van der Waals surface area (Å²) in [5, 5.41) is 33.9. The molecule has 0 amide bonds. The molecule has 15 rings (SSSR count). The molecule has 2 aromatic heterocycles. The summed E-state index contributed by atoms with van der Waals surface area (Å²) < 4.78 is 4.60. The highest BCUT2D eigenvalue weighted by Gasteiger charge is 2.22. The monoisotopic (exact) mass is 962 g/mol. The number of aromatic nitrogens is 2. The molecule has 13 aromatic carbocycles. The Hall–Kier alpha value is -10.5. The standard InChI is InChI=1S/C72H42N4/c73-43-45-19-31-67-61(35-45)63-39-53(27-33-69(63)75(67)57-15-3-1-4-16-57)51-25-29-59-65(41-51)71(55-23-21-47-11-7-9-13-49(47)37-55)60-30-26-52(42-66(60)72(59)56-24-22-48-12-8-10-14-50(48)38-56)54-28-34-70-64(40-54)62-36-46(44-74)20-32-68(62)76(70)58-17-5-2-6-18-58/h1-42H. The molecule has 0 bridgehead atoms. The predicted molar refractivity (Wildman–Crippen MR) is 316 cm³/mol. The van der Waals surface area contributed by atoms with Crippen molar-refractivity contribution in [3.05, 3.63) is 266 Å². The van der Waals surface area contributed by atoms with Crippen molar-refractivity contribution in [3.8, 4) is 68.0 Å². The largest absolute Gasteiger partial charge is 0.309 e. The van der Waals surface area contributed by atoms with Gasteiger partial charge in [0.25, 0.3) is 0 Å². The summed E-state index contributed by atoms with van der Waals surface area (Å²) in [4.78, 5) is 0. The third-order valence-electron chi connectivity index (χ3n) is 15.7. The van der Waals surface area contributed by atoms with E-state index in [2.05, 4.69) is 240 Å². The first-order chi connectivity index (χ1) is 37.6. The van der Waals surface area contributed by atoms with Crippen LogP contribution in [0.5, 0.6) is 0 Å². The zero-order valence-corrected chi connectivity index (χ0v) is 41.0. The summed E-state index contributed by atoms with van der Waals surface area (Å²) in [7, 11) is 0. The topological polar surface area (TPSA) is 57.4 Å². The molecule has 4 nitrogen and oxygen atoms in total. The summed E-state index contributed by atoms with van der Waals surface area (Å²) in [5.41, 5.74) is 16.8. The number of nitrogens with zero attached hydrogens (tertiary/aromatic N) is 4. The fraction of sp³-hybridized carbons (Fsp3) is 0. The van der Waals surface area contributed by atoms with Crippen molar-refractivity contribution < 1.29 is 0 Å². The fourth-order valence-corrected chi connectivity index (χ4v) is 12.2. The van der Waals surface area contributed by atoms with E-state index in [1.165, 1.54) is 43.4 Å². The number of hydrogen-bond acceptors (Lipinski definition) is 2. The maximum atomic E-state index is 10.1. The van der Waals surface area contributed by atoms with Crippen LogP contribution in [0.15, 0.2) is 255 Å². The highest BCUT2D eigenvalue weighted by Crippen LogP contribution is 2.48. The molecule has 0 aliphatic heterocycles. The fourth-order valence-electron chi connectivity index (χ4n) is 12.2. The Labute approximate surface area is 438 Å². The Morgan fingerprint density at radius 3 is 0.974 bits per heavy atom. The van der Waals surface area contributed by atoms with Gasteiger partial charge in [0.2, 0.25) is 0 Å². The molecule has 0 radical (unpaired) electrons. The number of rotatable bonds is 6. The summed E-state index contributed by atoms with van der Waals surface area (Å²) >= 11 is 0. The van der Waals surface area contributed by atoms with E-state index in [0.717, 1.165) is 99.1 Å². The van der Waals surface area contributed by atoms with E-state index >= 15 is 0 Å². The molecule has 0 spiro atoms. The SMILES string of the molecule is N#Cc1ccc2c(c1)c1cc(-c3ccc4c(-c5ccc6ccccc6c5)c5cc(-c6ccc7c(c6)c6cc(C#N)ccc6n7-c6ccccc6)ccc5c(-c5ccc6ccccc6c5)c4c3)ccc1n2-c1ccccc1. The third-order valence-corrected chi connectivity index (χ3v) is 15.7. The molecule has 0 unspecified atom stereocenters. The van der Waals surface area contributed by atoms with E-state index in [-0.39, 0.29) is 0 Å². The van der Waals surface area contributed by atoms with Crippen molar-refractivity contribution in [1.29, 1.82) is 10.5 Å². The number of hydrogen-bond donors (Lipinski definition) is 0. The highest BCUT2D eigenvalue weighted by atomic mass is 15.0. The maximum Gasteiger partial charge on any atom is 0.0991 e. The van der Waals surface area contributed by atoms with Gasteiger partial charge in [-0.15, -0.1) is 0 Å². The van der Waals surface area contributed by atoms with Crippen LogP contribution < -0.4 is 0 Å². The lowest BCUT2D eigenvalue weighted by molar-refractivity contribution is 1.18. The zero-order valence-electron chi connectivity index (χ0n) is 41.0. The van der Waals surface area contributed by atoms with Crippen LogP contribution in [0, 0.1) is 22.7 Å². The summed E-state index contributed by atoms with van der Waals surface area (Å²) in [6, 6.07) is 96.4. The number of benzene rings is 13. The van der Waals surface area contributed by atoms with Crippen LogP contribution in [0.4, 0.5) is 0 Å². The molecule has 0 fully saturated rings. The van der Waals surface area contributed by atoms with E-state index in [9.17, 15) is 10.5 Å². The van der Waals surface area contributed by atoms with Gasteiger partial charge in [0.15, 0.2) is 0 Å². The van der Waals surface area contributed by atoms with Crippen molar-refractivity contribution in [1.82, 2.24) is 9.13 Å². The van der Waals surface area contributed by atoms with E-state index in [4.69, 9.17) is 0 Å². The zero-order chi connectivity index (χ0) is 50.4. The first kappa shape index (κ1) is 43.1. The Morgan fingerprint density at radius 1 is 0.237 bits per heavy atom. The first-order valence-electron chi connectivity index (χ1n) is 25.7. The minimum absolute atomic E-state index is 0.636. The van der Waals surface area contributed by atoms with E-state index < -0.39 is 0 Å². The Kier molecular flexibility index (Phi) is 9.66. The van der Waals surface area contributed by atoms with Gasteiger partial charge in [0.1, 0.15) is 0 Å². The average molecular weight is 963 g/mol. The van der Waals surface area contributed by atoms with Crippen molar-refractivity contribution in [2.45, 2.75) is 0 Å². The van der Waals surface area contributed by atoms with Crippen molar-refractivity contribution in [2.24, 2.45) is 0 Å². The first-order valence-corrected chi connectivity index (χ1v) is 25.7. The van der Waals surface area contributed by atoms with Crippen molar-refractivity contribution in [3.63, 3.8) is 0 Å². The molecule has 2 heterocycles. The van der Waals surface area contributed by atoms with Gasteiger partial charge in [0.05, 0.1) is 45.3 Å². The number of nitriles is 2. The molecule has 0 aliphatic rings. The van der Waals surface area contributed by atoms with Crippen LogP contribution in [0.3, 0.4) is 0 Å². The van der Waals surface area contributed by atoms with E-state index in [0.29, 0.717) is 11.1 Å². The summed E-state index contributed by atoms with van der Waals surface area (Å²) in [6.07, 6.45) is 0. The second-order valence-electron chi connectivity index (χ2n) is 19.9. The maximum absolute atomic E-state index is 10.1. The van der Waals surface area contributed by atoms with Gasteiger partial charge in [-0.05, 0) is 197 Å². The van der Waals surface area contributed by atoms with E-state index in [1.807, 2.05) is 36.4 Å². The van der Waals surface area contributed by atoms with Crippen LogP contribution in [0.1, 0.15) is 11.1 Å². The van der Waals surface area contributed by atoms with Gasteiger partial charge in [-0.2, -0.15) is 10.5 Å². The molecule has 76 heavy (non-hydrogen) atoms. The quantitative estimate of drug-likeness (QED) is 0.156. The smallest absolute Gasteiger partial charge is 0.0991 e. The molecule has 4 heteroatoms. The second kappa shape index (κ2) is 17.0. The normalized spacial score (nSPS) is 11.7. The van der Waals surface area contributed by atoms with Crippen molar-refractivity contribution in [2.75, 3.05) is 0 Å². The molecule has 0 atom stereocenters. The van der Waals surface area contributed by atoms with Crippen LogP contribution in [-0.2, 0) is 0 Å². The van der Waals surface area contributed by atoms with Gasteiger partial charge in [-0.1, -0.05) is 146 Å². The number of fused-ring (bicyclic) bond motifs is 10. The Morgan fingerprint density at radius 2 is 0.566 bits per heavy atom.